The Morgan fingerprint density at radius 3 is 2.44 bits per heavy atom. The van der Waals surface area contributed by atoms with Crippen LogP contribution in [0.1, 0.15) is 11.1 Å². The van der Waals surface area contributed by atoms with E-state index in [4.69, 9.17) is 4.74 Å². The predicted molar refractivity (Wildman–Crippen MR) is 70.3 cm³/mol. The SMILES string of the molecule is CNC(=O)Cc1ccc(CN2CCOCC2)cc1. The molecule has 1 aliphatic rings. The maximum atomic E-state index is 11.2. The third-order valence-electron chi connectivity index (χ3n) is 3.18. The molecule has 1 aromatic rings. The molecule has 0 aromatic heterocycles. The third kappa shape index (κ3) is 3.82. The lowest BCUT2D eigenvalue weighted by Gasteiger charge is -2.26. The van der Waals surface area contributed by atoms with Crippen molar-refractivity contribution in [2.75, 3.05) is 33.4 Å². The number of amides is 1. The van der Waals surface area contributed by atoms with Gasteiger partial charge in [0.25, 0.3) is 0 Å². The van der Waals surface area contributed by atoms with Crippen LogP contribution in [-0.2, 0) is 22.5 Å². The quantitative estimate of drug-likeness (QED) is 0.857. The van der Waals surface area contributed by atoms with Crippen molar-refractivity contribution >= 4 is 5.91 Å². The number of nitrogens with zero attached hydrogens (tertiary/aromatic N) is 1. The predicted octanol–water partition coefficient (Wildman–Crippen LogP) is 0.807. The molecule has 0 saturated carbocycles. The number of hydrogen-bond acceptors (Lipinski definition) is 3. The van der Waals surface area contributed by atoms with Crippen LogP contribution >= 0.6 is 0 Å². The van der Waals surface area contributed by atoms with Crippen LogP contribution in [0.3, 0.4) is 0 Å². The number of carbonyl (C=O) groups is 1. The van der Waals surface area contributed by atoms with E-state index < -0.39 is 0 Å². The summed E-state index contributed by atoms with van der Waals surface area (Å²) >= 11 is 0. The molecule has 1 N–H and O–H groups in total. The van der Waals surface area contributed by atoms with E-state index in [1.165, 1.54) is 5.56 Å². The van der Waals surface area contributed by atoms with Gasteiger partial charge in [-0.2, -0.15) is 0 Å². The van der Waals surface area contributed by atoms with E-state index in [2.05, 4.69) is 22.3 Å². The first-order chi connectivity index (χ1) is 8.78. The molecule has 0 spiro atoms. The molecule has 2 rings (SSSR count). The molecular weight excluding hydrogens is 228 g/mol. The molecule has 1 amide bonds. The summed E-state index contributed by atoms with van der Waals surface area (Å²) in [7, 11) is 1.66. The van der Waals surface area contributed by atoms with Crippen LogP contribution in [-0.4, -0.2) is 44.2 Å². The number of hydrogen-bond donors (Lipinski definition) is 1. The van der Waals surface area contributed by atoms with Gasteiger partial charge in [-0.15, -0.1) is 0 Å². The van der Waals surface area contributed by atoms with E-state index in [1.807, 2.05) is 12.1 Å². The van der Waals surface area contributed by atoms with Crippen LogP contribution in [0.5, 0.6) is 0 Å². The summed E-state index contributed by atoms with van der Waals surface area (Å²) in [5.74, 6) is 0.0518. The molecule has 0 bridgehead atoms. The molecule has 1 heterocycles. The summed E-state index contributed by atoms with van der Waals surface area (Å²) in [5, 5.41) is 2.63. The molecule has 0 atom stereocenters. The van der Waals surface area contributed by atoms with Crippen molar-refractivity contribution in [2.45, 2.75) is 13.0 Å². The minimum Gasteiger partial charge on any atom is -0.379 e. The average Bonchev–Trinajstić information content (AvgIpc) is 2.42. The highest BCUT2D eigenvalue weighted by atomic mass is 16.5. The fourth-order valence-electron chi connectivity index (χ4n) is 2.05. The molecule has 4 heteroatoms. The Labute approximate surface area is 108 Å². The van der Waals surface area contributed by atoms with Gasteiger partial charge in [-0.05, 0) is 11.1 Å². The minimum absolute atomic E-state index is 0.0518. The lowest BCUT2D eigenvalue weighted by Crippen LogP contribution is -2.35. The summed E-state index contributed by atoms with van der Waals surface area (Å²) < 4.78 is 5.33. The first kappa shape index (κ1) is 13.1. The van der Waals surface area contributed by atoms with Crippen molar-refractivity contribution in [3.05, 3.63) is 35.4 Å². The summed E-state index contributed by atoms with van der Waals surface area (Å²) in [6.45, 7) is 4.62. The normalized spacial score (nSPS) is 16.5. The average molecular weight is 248 g/mol. The number of likely N-dealkylation sites (N-methyl/N-ethyl adjacent to an activating group) is 1. The monoisotopic (exact) mass is 248 g/mol. The van der Waals surface area contributed by atoms with E-state index >= 15 is 0 Å². The van der Waals surface area contributed by atoms with Crippen LogP contribution < -0.4 is 5.32 Å². The fraction of sp³-hybridized carbons (Fsp3) is 0.500. The van der Waals surface area contributed by atoms with E-state index in [0.29, 0.717) is 6.42 Å². The summed E-state index contributed by atoms with van der Waals surface area (Å²) in [6.07, 6.45) is 0.453. The smallest absolute Gasteiger partial charge is 0.224 e. The van der Waals surface area contributed by atoms with Gasteiger partial charge in [0.2, 0.25) is 5.91 Å². The van der Waals surface area contributed by atoms with Gasteiger partial charge in [-0.3, -0.25) is 9.69 Å². The molecule has 0 radical (unpaired) electrons. The summed E-state index contributed by atoms with van der Waals surface area (Å²) in [6, 6.07) is 8.28. The van der Waals surface area contributed by atoms with E-state index in [9.17, 15) is 4.79 Å². The molecule has 18 heavy (non-hydrogen) atoms. The van der Waals surface area contributed by atoms with Gasteiger partial charge in [0.1, 0.15) is 0 Å². The highest BCUT2D eigenvalue weighted by Gasteiger charge is 2.10. The lowest BCUT2D eigenvalue weighted by atomic mass is 10.1. The minimum atomic E-state index is 0.0518. The first-order valence-corrected chi connectivity index (χ1v) is 6.36. The summed E-state index contributed by atoms with van der Waals surface area (Å²) in [5.41, 5.74) is 2.35. The first-order valence-electron chi connectivity index (χ1n) is 6.36. The van der Waals surface area contributed by atoms with E-state index in [-0.39, 0.29) is 5.91 Å². The zero-order chi connectivity index (χ0) is 12.8. The van der Waals surface area contributed by atoms with E-state index in [1.54, 1.807) is 7.05 Å². The fourth-order valence-corrected chi connectivity index (χ4v) is 2.05. The highest BCUT2D eigenvalue weighted by Crippen LogP contribution is 2.09. The van der Waals surface area contributed by atoms with Crippen LogP contribution in [0.4, 0.5) is 0 Å². The zero-order valence-electron chi connectivity index (χ0n) is 10.8. The molecule has 1 aliphatic heterocycles. The van der Waals surface area contributed by atoms with Crippen molar-refractivity contribution in [2.24, 2.45) is 0 Å². The second-order valence-corrected chi connectivity index (χ2v) is 4.55. The number of carbonyl (C=O) groups excluding carboxylic acids is 1. The molecule has 4 nitrogen and oxygen atoms in total. The van der Waals surface area contributed by atoms with Crippen molar-refractivity contribution in [1.29, 1.82) is 0 Å². The van der Waals surface area contributed by atoms with Gasteiger partial charge >= 0.3 is 0 Å². The maximum Gasteiger partial charge on any atom is 0.224 e. The Hall–Kier alpha value is -1.39. The Kier molecular flexibility index (Phi) is 4.73. The maximum absolute atomic E-state index is 11.2. The topological polar surface area (TPSA) is 41.6 Å². The number of benzene rings is 1. The van der Waals surface area contributed by atoms with Crippen LogP contribution in [0.15, 0.2) is 24.3 Å². The Morgan fingerprint density at radius 1 is 1.22 bits per heavy atom. The lowest BCUT2D eigenvalue weighted by molar-refractivity contribution is -0.119. The van der Waals surface area contributed by atoms with Crippen LogP contribution in [0.25, 0.3) is 0 Å². The van der Waals surface area contributed by atoms with Gasteiger partial charge in [-0.1, -0.05) is 24.3 Å². The molecule has 0 unspecified atom stereocenters. The van der Waals surface area contributed by atoms with Crippen LogP contribution in [0, 0.1) is 0 Å². The highest BCUT2D eigenvalue weighted by molar-refractivity contribution is 5.78. The van der Waals surface area contributed by atoms with Gasteiger partial charge in [0, 0.05) is 26.7 Å². The van der Waals surface area contributed by atoms with Crippen molar-refractivity contribution in [3.63, 3.8) is 0 Å². The standard InChI is InChI=1S/C14H20N2O2/c1-15-14(17)10-12-2-4-13(5-3-12)11-16-6-8-18-9-7-16/h2-5H,6-11H2,1H3,(H,15,17). The van der Waals surface area contributed by atoms with Gasteiger partial charge < -0.3 is 10.1 Å². The number of morpholine rings is 1. The van der Waals surface area contributed by atoms with Crippen molar-refractivity contribution < 1.29 is 9.53 Å². The number of nitrogens with one attached hydrogen (secondary N) is 1. The second-order valence-electron chi connectivity index (χ2n) is 4.55. The Balaban J connectivity index is 1.88. The van der Waals surface area contributed by atoms with Crippen LogP contribution in [0.2, 0.25) is 0 Å². The Morgan fingerprint density at radius 2 is 1.83 bits per heavy atom. The third-order valence-corrected chi connectivity index (χ3v) is 3.18. The van der Waals surface area contributed by atoms with Gasteiger partial charge in [0.05, 0.1) is 19.6 Å². The van der Waals surface area contributed by atoms with Gasteiger partial charge in [0.15, 0.2) is 0 Å². The number of ether oxygens (including phenoxy) is 1. The Bertz CT molecular complexity index is 383. The van der Waals surface area contributed by atoms with Crippen molar-refractivity contribution in [1.82, 2.24) is 10.2 Å². The molecule has 0 aliphatic carbocycles. The molecule has 1 fully saturated rings. The van der Waals surface area contributed by atoms with Gasteiger partial charge in [-0.25, -0.2) is 0 Å². The van der Waals surface area contributed by atoms with E-state index in [0.717, 1.165) is 38.4 Å². The largest absolute Gasteiger partial charge is 0.379 e. The second kappa shape index (κ2) is 6.52. The molecule has 1 saturated heterocycles. The zero-order valence-corrected chi connectivity index (χ0v) is 10.8. The molecule has 1 aromatic carbocycles. The number of rotatable bonds is 4. The summed E-state index contributed by atoms with van der Waals surface area (Å²) in [4.78, 5) is 13.6. The van der Waals surface area contributed by atoms with Crippen molar-refractivity contribution in [3.8, 4) is 0 Å². The molecular formula is C14H20N2O2. The molecule has 98 valence electrons.